The van der Waals surface area contributed by atoms with E-state index in [0.29, 0.717) is 16.7 Å². The Morgan fingerprint density at radius 2 is 0.766 bits per heavy atom. The quantitative estimate of drug-likeness (QED) is 0.182. The van der Waals surface area contributed by atoms with Gasteiger partial charge in [0.25, 0.3) is 10.1 Å². The van der Waals surface area contributed by atoms with Crippen molar-refractivity contribution in [3.05, 3.63) is 185 Å². The van der Waals surface area contributed by atoms with Gasteiger partial charge in [0.05, 0.1) is 4.90 Å². The van der Waals surface area contributed by atoms with E-state index in [2.05, 4.69) is 0 Å². The van der Waals surface area contributed by atoms with Gasteiger partial charge >= 0.3 is 0 Å². The Labute approximate surface area is 273 Å². The Hall–Kier alpha value is -5.69. The molecular weight excluding hydrogens is 605 g/mol. The fourth-order valence-corrected chi connectivity index (χ4v) is 6.73. The molecule has 5 aromatic carbocycles. The SMILES string of the molecule is Cc1ccc(C2=C(c3ccccc3)C(c3ccc(C4=CC(=O)C(c5ccc(S(=O)(=O)O)cc5)=C4c4ccccc4)cc3)=CC2=O)cc1. The Morgan fingerprint density at radius 3 is 1.15 bits per heavy atom. The molecule has 0 bridgehead atoms. The van der Waals surface area contributed by atoms with Crippen molar-refractivity contribution in [2.24, 2.45) is 0 Å². The highest BCUT2D eigenvalue weighted by molar-refractivity contribution is 7.85. The smallest absolute Gasteiger partial charge is 0.289 e. The van der Waals surface area contributed by atoms with Gasteiger partial charge in [-0.05, 0) is 75.7 Å². The Bertz CT molecular complexity index is 2290. The second kappa shape index (κ2) is 11.9. The van der Waals surface area contributed by atoms with Gasteiger partial charge in [-0.15, -0.1) is 0 Å². The summed E-state index contributed by atoms with van der Waals surface area (Å²) in [5, 5.41) is 0. The van der Waals surface area contributed by atoms with Crippen LogP contribution in [0.3, 0.4) is 0 Å². The predicted octanol–water partition coefficient (Wildman–Crippen LogP) is 8.40. The van der Waals surface area contributed by atoms with Crippen molar-refractivity contribution in [3.8, 4) is 0 Å². The highest BCUT2D eigenvalue weighted by atomic mass is 32.2. The number of allylic oxidation sites excluding steroid dienone is 8. The van der Waals surface area contributed by atoms with E-state index in [1.54, 1.807) is 12.2 Å². The summed E-state index contributed by atoms with van der Waals surface area (Å²) in [6.07, 6.45) is 3.31. The van der Waals surface area contributed by atoms with Crippen LogP contribution in [-0.4, -0.2) is 24.5 Å². The zero-order valence-corrected chi connectivity index (χ0v) is 26.2. The van der Waals surface area contributed by atoms with Crippen LogP contribution in [0.4, 0.5) is 0 Å². The summed E-state index contributed by atoms with van der Waals surface area (Å²) in [5.41, 5.74) is 10.3. The standard InChI is InChI=1S/C41H28O5S/c1-26-12-14-31(15-13-26)40-36(42)24-34(38(40)29-8-4-2-5-9-29)27-16-18-28(19-17-27)35-25-37(43)41(39(35)30-10-6-3-7-11-30)32-20-22-33(23-21-32)47(44,45)46/h2-25H,1H3,(H,44,45,46). The summed E-state index contributed by atoms with van der Waals surface area (Å²) in [4.78, 5) is 26.9. The van der Waals surface area contributed by atoms with E-state index in [1.807, 2.05) is 116 Å². The second-order valence-electron chi connectivity index (χ2n) is 11.5. The van der Waals surface area contributed by atoms with Gasteiger partial charge in [0, 0.05) is 22.3 Å². The Balaban J connectivity index is 1.31. The van der Waals surface area contributed by atoms with Crippen molar-refractivity contribution < 1.29 is 22.6 Å². The summed E-state index contributed by atoms with van der Waals surface area (Å²) < 4.78 is 32.7. The molecule has 0 unspecified atom stereocenters. The molecule has 6 heteroatoms. The van der Waals surface area contributed by atoms with Crippen LogP contribution in [0, 0.1) is 6.92 Å². The van der Waals surface area contributed by atoms with Crippen molar-refractivity contribution in [2.45, 2.75) is 11.8 Å². The average molecular weight is 633 g/mol. The molecule has 228 valence electrons. The highest BCUT2D eigenvalue weighted by Crippen LogP contribution is 2.46. The first kappa shape index (κ1) is 30.0. The van der Waals surface area contributed by atoms with Gasteiger partial charge in [0.2, 0.25) is 0 Å². The van der Waals surface area contributed by atoms with Crippen molar-refractivity contribution in [1.82, 2.24) is 0 Å². The summed E-state index contributed by atoms with van der Waals surface area (Å²) in [6, 6.07) is 41.0. The normalized spacial score (nSPS) is 14.9. The molecule has 0 aliphatic heterocycles. The topological polar surface area (TPSA) is 88.5 Å². The number of hydrogen-bond acceptors (Lipinski definition) is 4. The van der Waals surface area contributed by atoms with Crippen molar-refractivity contribution in [2.75, 3.05) is 0 Å². The molecule has 0 saturated carbocycles. The molecule has 2 aliphatic carbocycles. The molecule has 0 heterocycles. The molecule has 7 rings (SSSR count). The monoisotopic (exact) mass is 632 g/mol. The van der Waals surface area contributed by atoms with Gasteiger partial charge in [0.1, 0.15) is 0 Å². The summed E-state index contributed by atoms with van der Waals surface area (Å²) >= 11 is 0. The summed E-state index contributed by atoms with van der Waals surface area (Å²) in [6.45, 7) is 2.02. The third kappa shape index (κ3) is 5.65. The fourth-order valence-electron chi connectivity index (χ4n) is 6.25. The van der Waals surface area contributed by atoms with Crippen molar-refractivity contribution in [1.29, 1.82) is 0 Å². The third-order valence-corrected chi connectivity index (χ3v) is 9.36. The van der Waals surface area contributed by atoms with Crippen LogP contribution in [0.1, 0.15) is 38.9 Å². The third-order valence-electron chi connectivity index (χ3n) is 8.50. The van der Waals surface area contributed by atoms with E-state index < -0.39 is 10.1 Å². The summed E-state index contributed by atoms with van der Waals surface area (Å²) in [5.74, 6) is -0.251. The molecule has 2 aliphatic rings. The van der Waals surface area contributed by atoms with Gasteiger partial charge in [-0.2, -0.15) is 8.42 Å². The van der Waals surface area contributed by atoms with Crippen LogP contribution in [-0.2, 0) is 19.7 Å². The first-order valence-corrected chi connectivity index (χ1v) is 16.5. The number of benzene rings is 5. The summed E-state index contributed by atoms with van der Waals surface area (Å²) in [7, 11) is -4.38. The van der Waals surface area contributed by atoms with Gasteiger partial charge in [0.15, 0.2) is 11.6 Å². The van der Waals surface area contributed by atoms with Gasteiger partial charge < -0.3 is 0 Å². The molecule has 1 N–H and O–H groups in total. The predicted molar refractivity (Wildman–Crippen MR) is 186 cm³/mol. The first-order chi connectivity index (χ1) is 22.7. The lowest BCUT2D eigenvalue weighted by Crippen LogP contribution is -2.00. The van der Waals surface area contributed by atoms with Crippen LogP contribution in [0.5, 0.6) is 0 Å². The van der Waals surface area contributed by atoms with E-state index >= 15 is 0 Å². The van der Waals surface area contributed by atoms with E-state index in [0.717, 1.165) is 55.7 Å². The lowest BCUT2D eigenvalue weighted by Gasteiger charge is -2.15. The molecule has 47 heavy (non-hydrogen) atoms. The first-order valence-electron chi connectivity index (χ1n) is 15.1. The van der Waals surface area contributed by atoms with Crippen LogP contribution in [0.2, 0.25) is 0 Å². The molecule has 0 fully saturated rings. The minimum Gasteiger partial charge on any atom is -0.289 e. The molecule has 5 aromatic rings. The van der Waals surface area contributed by atoms with Gasteiger partial charge in [-0.1, -0.05) is 127 Å². The molecular formula is C41H28O5S. The van der Waals surface area contributed by atoms with Gasteiger partial charge in [-0.25, -0.2) is 0 Å². The number of ketones is 2. The lowest BCUT2D eigenvalue weighted by molar-refractivity contribution is -0.110. The second-order valence-corrected chi connectivity index (χ2v) is 12.9. The average Bonchev–Trinajstić information content (AvgIpc) is 3.62. The zero-order valence-electron chi connectivity index (χ0n) is 25.3. The molecule has 0 amide bonds. The van der Waals surface area contributed by atoms with E-state index in [-0.39, 0.29) is 16.5 Å². The van der Waals surface area contributed by atoms with E-state index in [1.165, 1.54) is 24.3 Å². The van der Waals surface area contributed by atoms with Crippen LogP contribution in [0.25, 0.3) is 33.4 Å². The minimum atomic E-state index is -4.38. The largest absolute Gasteiger partial charge is 0.294 e. The highest BCUT2D eigenvalue weighted by Gasteiger charge is 2.30. The lowest BCUT2D eigenvalue weighted by atomic mass is 9.88. The Morgan fingerprint density at radius 1 is 0.426 bits per heavy atom. The molecule has 0 saturated heterocycles. The van der Waals surface area contributed by atoms with Gasteiger partial charge in [-0.3, -0.25) is 14.1 Å². The Kier molecular flexibility index (Phi) is 7.60. The van der Waals surface area contributed by atoms with Crippen LogP contribution in [0.15, 0.2) is 151 Å². The number of aryl methyl sites for hydroxylation is 1. The fraction of sp³-hybridized carbons (Fsp3) is 0.0244. The molecule has 0 radical (unpaired) electrons. The van der Waals surface area contributed by atoms with Crippen LogP contribution < -0.4 is 0 Å². The van der Waals surface area contributed by atoms with E-state index in [9.17, 15) is 22.6 Å². The zero-order chi connectivity index (χ0) is 32.7. The van der Waals surface area contributed by atoms with Crippen molar-refractivity contribution >= 4 is 55.1 Å². The van der Waals surface area contributed by atoms with Crippen LogP contribution >= 0.6 is 0 Å². The number of hydrogen-bond donors (Lipinski definition) is 1. The molecule has 5 nitrogen and oxygen atoms in total. The number of carbonyl (C=O) groups excluding carboxylic acids is 2. The number of rotatable bonds is 7. The maximum atomic E-state index is 13.6. The minimum absolute atomic E-state index is 0.0464. The molecule has 0 atom stereocenters. The maximum absolute atomic E-state index is 13.6. The van der Waals surface area contributed by atoms with E-state index in [4.69, 9.17) is 0 Å². The molecule has 0 aromatic heterocycles. The molecule has 0 spiro atoms. The number of carbonyl (C=O) groups is 2. The maximum Gasteiger partial charge on any atom is 0.294 e. The van der Waals surface area contributed by atoms with Crippen molar-refractivity contribution in [3.63, 3.8) is 0 Å².